The number of para-hydroxylation sites is 2. The number of carbonyl (C=O) groups is 1. The van der Waals surface area contributed by atoms with E-state index >= 15 is 0 Å². The maximum Gasteiger partial charge on any atom is 0.421 e. The van der Waals surface area contributed by atoms with Crippen molar-refractivity contribution in [2.45, 2.75) is 37.6 Å². The standard InChI is InChI=1S/C19H18F3N3O4/c20-19(21,22)13-7-14(11-5-6-11)24-25(18(13)27)9-17(26)23-8-12-10-28-15-3-1-2-4-16(15)29-12/h1-4,7,11-12H,5-6,8-10H2,(H,23,26). The van der Waals surface area contributed by atoms with Gasteiger partial charge in [0, 0.05) is 5.92 Å². The third kappa shape index (κ3) is 4.36. The Morgan fingerprint density at radius 2 is 1.97 bits per heavy atom. The molecule has 2 aromatic rings. The highest BCUT2D eigenvalue weighted by Crippen LogP contribution is 2.40. The molecule has 10 heteroatoms. The fourth-order valence-electron chi connectivity index (χ4n) is 3.03. The molecule has 2 heterocycles. The molecule has 1 aromatic heterocycles. The van der Waals surface area contributed by atoms with Crippen LogP contribution in [-0.2, 0) is 17.5 Å². The molecular formula is C19H18F3N3O4. The van der Waals surface area contributed by atoms with Crippen LogP contribution in [0.5, 0.6) is 11.5 Å². The number of halogens is 3. The number of alkyl halides is 3. The highest BCUT2D eigenvalue weighted by atomic mass is 19.4. The molecule has 1 amide bonds. The van der Waals surface area contributed by atoms with Crippen LogP contribution in [0.3, 0.4) is 0 Å². The lowest BCUT2D eigenvalue weighted by atomic mass is 10.2. The normalized spacial score (nSPS) is 18.4. The van der Waals surface area contributed by atoms with Gasteiger partial charge in [-0.25, -0.2) is 4.68 Å². The largest absolute Gasteiger partial charge is 0.486 e. The molecule has 0 radical (unpaired) electrons. The Morgan fingerprint density at radius 1 is 1.24 bits per heavy atom. The minimum absolute atomic E-state index is 0.0797. The lowest BCUT2D eigenvalue weighted by Gasteiger charge is -2.26. The Balaban J connectivity index is 1.42. The average Bonchev–Trinajstić information content (AvgIpc) is 3.52. The first-order valence-electron chi connectivity index (χ1n) is 9.15. The van der Waals surface area contributed by atoms with Crippen molar-refractivity contribution in [2.75, 3.05) is 13.2 Å². The van der Waals surface area contributed by atoms with Gasteiger partial charge in [0.2, 0.25) is 5.91 Å². The van der Waals surface area contributed by atoms with Crippen molar-refractivity contribution >= 4 is 5.91 Å². The molecule has 0 saturated heterocycles. The minimum atomic E-state index is -4.80. The van der Waals surface area contributed by atoms with Gasteiger partial charge >= 0.3 is 6.18 Å². The van der Waals surface area contributed by atoms with Gasteiger partial charge in [0.25, 0.3) is 5.56 Å². The van der Waals surface area contributed by atoms with E-state index in [2.05, 4.69) is 10.4 Å². The highest BCUT2D eigenvalue weighted by molar-refractivity contribution is 5.75. The number of amides is 1. The van der Waals surface area contributed by atoms with E-state index in [0.29, 0.717) is 16.2 Å². The van der Waals surface area contributed by atoms with Crippen molar-refractivity contribution < 1.29 is 27.4 Å². The fourth-order valence-corrected chi connectivity index (χ4v) is 3.03. The van der Waals surface area contributed by atoms with Gasteiger partial charge in [0.1, 0.15) is 24.8 Å². The first kappa shape index (κ1) is 19.3. The van der Waals surface area contributed by atoms with Crippen molar-refractivity contribution in [1.82, 2.24) is 15.1 Å². The van der Waals surface area contributed by atoms with E-state index in [0.717, 1.165) is 18.9 Å². The lowest BCUT2D eigenvalue weighted by Crippen LogP contribution is -2.43. The van der Waals surface area contributed by atoms with Gasteiger partial charge in [-0.2, -0.15) is 18.3 Å². The number of ether oxygens (including phenoxy) is 2. The van der Waals surface area contributed by atoms with Crippen molar-refractivity contribution in [3.63, 3.8) is 0 Å². The van der Waals surface area contributed by atoms with E-state index < -0.39 is 35.9 Å². The summed E-state index contributed by atoms with van der Waals surface area (Å²) in [6.07, 6.45) is -3.82. The molecule has 7 nitrogen and oxygen atoms in total. The summed E-state index contributed by atoms with van der Waals surface area (Å²) in [5.74, 6) is 0.409. The monoisotopic (exact) mass is 409 g/mol. The number of rotatable bonds is 5. The van der Waals surface area contributed by atoms with Crippen LogP contribution in [0.15, 0.2) is 35.1 Å². The molecular weight excluding hydrogens is 391 g/mol. The number of benzene rings is 1. The number of carbonyl (C=O) groups excluding carboxylic acids is 1. The number of nitrogens with one attached hydrogen (secondary N) is 1. The van der Waals surface area contributed by atoms with Crippen molar-refractivity contribution in [3.05, 3.63) is 51.9 Å². The molecule has 1 aliphatic carbocycles. The summed E-state index contributed by atoms with van der Waals surface area (Å²) in [5.41, 5.74) is -2.45. The predicted octanol–water partition coefficient (Wildman–Crippen LogP) is 2.10. The topological polar surface area (TPSA) is 82.5 Å². The molecule has 1 fully saturated rings. The van der Waals surface area contributed by atoms with Crippen LogP contribution in [0, 0.1) is 0 Å². The molecule has 1 N–H and O–H groups in total. The first-order chi connectivity index (χ1) is 13.8. The quantitative estimate of drug-likeness (QED) is 0.818. The van der Waals surface area contributed by atoms with Crippen molar-refractivity contribution in [2.24, 2.45) is 0 Å². The predicted molar refractivity (Wildman–Crippen MR) is 94.8 cm³/mol. The molecule has 1 unspecified atom stereocenters. The summed E-state index contributed by atoms with van der Waals surface area (Å²) in [6, 6.07) is 7.87. The van der Waals surface area contributed by atoms with Gasteiger partial charge in [-0.1, -0.05) is 12.1 Å². The maximum atomic E-state index is 13.2. The third-order valence-corrected chi connectivity index (χ3v) is 4.68. The molecule has 1 atom stereocenters. The van der Waals surface area contributed by atoms with Gasteiger partial charge in [-0.3, -0.25) is 9.59 Å². The lowest BCUT2D eigenvalue weighted by molar-refractivity contribution is -0.139. The molecule has 29 heavy (non-hydrogen) atoms. The van der Waals surface area contributed by atoms with Gasteiger partial charge < -0.3 is 14.8 Å². The Hall–Kier alpha value is -3.04. The minimum Gasteiger partial charge on any atom is -0.486 e. The van der Waals surface area contributed by atoms with Crippen LogP contribution < -0.4 is 20.3 Å². The zero-order chi connectivity index (χ0) is 20.6. The van der Waals surface area contributed by atoms with Crippen molar-refractivity contribution in [1.29, 1.82) is 0 Å². The second-order valence-corrected chi connectivity index (χ2v) is 7.02. The van der Waals surface area contributed by atoms with Gasteiger partial charge in [-0.05, 0) is 31.0 Å². The maximum absolute atomic E-state index is 13.2. The van der Waals surface area contributed by atoms with E-state index in [4.69, 9.17) is 9.47 Å². The Labute approximate surface area is 163 Å². The van der Waals surface area contributed by atoms with E-state index in [1.165, 1.54) is 0 Å². The Morgan fingerprint density at radius 3 is 2.66 bits per heavy atom. The Kier molecular flexibility index (Phi) is 4.93. The van der Waals surface area contributed by atoms with Crippen LogP contribution in [-0.4, -0.2) is 34.9 Å². The number of nitrogens with zero attached hydrogens (tertiary/aromatic N) is 2. The van der Waals surface area contributed by atoms with Crippen LogP contribution >= 0.6 is 0 Å². The SMILES string of the molecule is O=C(Cn1nc(C2CC2)cc(C(F)(F)F)c1=O)NCC1COc2ccccc2O1. The fraction of sp³-hybridized carbons (Fsp3) is 0.421. The van der Waals surface area contributed by atoms with Crippen LogP contribution in [0.2, 0.25) is 0 Å². The van der Waals surface area contributed by atoms with Crippen LogP contribution in [0.25, 0.3) is 0 Å². The molecule has 1 aromatic carbocycles. The molecule has 154 valence electrons. The Bertz CT molecular complexity index is 985. The van der Waals surface area contributed by atoms with Crippen LogP contribution in [0.1, 0.15) is 30.0 Å². The third-order valence-electron chi connectivity index (χ3n) is 4.68. The van der Waals surface area contributed by atoms with E-state index in [9.17, 15) is 22.8 Å². The summed E-state index contributed by atoms with van der Waals surface area (Å²) in [7, 11) is 0. The number of fused-ring (bicyclic) bond motifs is 1. The summed E-state index contributed by atoms with van der Waals surface area (Å²) < 4.78 is 51.3. The second kappa shape index (κ2) is 7.41. The zero-order valence-electron chi connectivity index (χ0n) is 15.2. The number of hydrogen-bond acceptors (Lipinski definition) is 5. The van der Waals surface area contributed by atoms with E-state index in [1.54, 1.807) is 24.3 Å². The summed E-state index contributed by atoms with van der Waals surface area (Å²) >= 11 is 0. The van der Waals surface area contributed by atoms with Gasteiger partial charge in [0.15, 0.2) is 11.5 Å². The van der Waals surface area contributed by atoms with Crippen LogP contribution in [0.4, 0.5) is 13.2 Å². The van der Waals surface area contributed by atoms with Crippen molar-refractivity contribution in [3.8, 4) is 11.5 Å². The first-order valence-corrected chi connectivity index (χ1v) is 9.15. The zero-order valence-corrected chi connectivity index (χ0v) is 15.2. The number of hydrogen-bond donors (Lipinski definition) is 1. The van der Waals surface area contributed by atoms with Gasteiger partial charge in [-0.15, -0.1) is 0 Å². The van der Waals surface area contributed by atoms with Gasteiger partial charge in [0.05, 0.1) is 12.2 Å². The number of aromatic nitrogens is 2. The summed E-state index contributed by atoms with van der Waals surface area (Å²) in [6.45, 7) is -0.312. The molecule has 4 rings (SSSR count). The van der Waals surface area contributed by atoms with E-state index in [1.807, 2.05) is 0 Å². The highest BCUT2D eigenvalue weighted by Gasteiger charge is 2.37. The second-order valence-electron chi connectivity index (χ2n) is 7.02. The smallest absolute Gasteiger partial charge is 0.421 e. The molecule has 1 aliphatic heterocycles. The summed E-state index contributed by atoms with van der Waals surface area (Å²) in [4.78, 5) is 24.4. The van der Waals surface area contributed by atoms with E-state index in [-0.39, 0.29) is 24.8 Å². The molecule has 0 bridgehead atoms. The summed E-state index contributed by atoms with van der Waals surface area (Å²) in [5, 5.41) is 6.52. The molecule has 0 spiro atoms. The molecule has 2 aliphatic rings. The average molecular weight is 409 g/mol. The molecule has 1 saturated carbocycles.